The number of hydrogen-bond acceptors (Lipinski definition) is 11. The number of carbonyl (C=O) groups excluding carboxylic acids is 1. The third-order valence-corrected chi connectivity index (χ3v) is 10.5. The number of nitrogens with one attached hydrogen (secondary N) is 1. The van der Waals surface area contributed by atoms with Gasteiger partial charge in [-0.05, 0) is 50.2 Å². The molecule has 5 aromatic heterocycles. The minimum Gasteiger partial charge on any atom is -0.383 e. The molecular weight excluding hydrogens is 645 g/mol. The summed E-state index contributed by atoms with van der Waals surface area (Å²) in [5.74, 6) is 0.237. The van der Waals surface area contributed by atoms with Crippen LogP contribution in [0.2, 0.25) is 0 Å². The fourth-order valence-electron chi connectivity index (χ4n) is 4.73. The molecule has 5 N–H and O–H groups in total. The molecule has 2 aromatic carbocycles. The number of aryl methyl sites for hydroxylation is 2. The van der Waals surface area contributed by atoms with Crippen LogP contribution in [0, 0.1) is 13.8 Å². The van der Waals surface area contributed by atoms with Crippen molar-refractivity contribution in [3.63, 3.8) is 0 Å². The van der Waals surface area contributed by atoms with Gasteiger partial charge in [-0.15, -0.1) is 0 Å². The summed E-state index contributed by atoms with van der Waals surface area (Å²) in [5.41, 5.74) is 15.0. The maximum Gasteiger partial charge on any atom is 0.269 e. The van der Waals surface area contributed by atoms with Crippen molar-refractivity contribution in [2.75, 3.05) is 17.6 Å². The third-order valence-electron chi connectivity index (χ3n) is 7.12. The summed E-state index contributed by atoms with van der Waals surface area (Å²) in [7, 11) is -7.48. The lowest BCUT2D eigenvalue weighted by molar-refractivity contribution is -0.116. The van der Waals surface area contributed by atoms with E-state index in [0.717, 1.165) is 19.1 Å². The fraction of sp³-hybridized carbons (Fsp3) is 0.100. The Morgan fingerprint density at radius 2 is 1.30 bits per heavy atom. The first-order chi connectivity index (χ1) is 22.4. The van der Waals surface area contributed by atoms with Gasteiger partial charge in [-0.3, -0.25) is 9.20 Å². The van der Waals surface area contributed by atoms with Crippen LogP contribution in [0.15, 0.2) is 101 Å². The van der Waals surface area contributed by atoms with Crippen molar-refractivity contribution in [3.05, 3.63) is 103 Å². The molecule has 0 spiro atoms. The smallest absolute Gasteiger partial charge is 0.269 e. The van der Waals surface area contributed by atoms with Crippen molar-refractivity contribution in [1.82, 2.24) is 32.3 Å². The second-order valence-corrected chi connectivity index (χ2v) is 14.1. The SMILES string of the molecule is Cc1ccc(S(=O)(=O)n2ccc3c2ncc2ncc(N)n23)cc1.Cc1ccc(S(=O)(=O)n2ccc3nc(NCC(N)=O)cnc32)cc1. The highest BCUT2D eigenvalue weighted by Gasteiger charge is 2.22. The zero-order valence-corrected chi connectivity index (χ0v) is 26.6. The number of nitrogens with zero attached hydrogens (tertiary/aromatic N) is 7. The van der Waals surface area contributed by atoms with Gasteiger partial charge in [0.25, 0.3) is 20.0 Å². The Kier molecular flexibility index (Phi) is 7.86. The molecule has 240 valence electrons. The molecule has 0 radical (unpaired) electrons. The zero-order valence-electron chi connectivity index (χ0n) is 25.0. The standard InChI is InChI=1S/C15H15N5O3S.C15H13N5O2S/c1-10-2-4-11(5-3-10)24(22,23)20-7-6-12-15(20)18-9-14(19-12)17-8-13(16)21;1-10-2-4-11(5-3-10)23(21,22)19-7-6-12-15(19)18-9-14-17-8-13(16)20(12)14/h2-7,9H,8H2,1H3,(H2,16,21)(H,17,19);2-9H,16H2,1H3. The number of primary amides is 1. The van der Waals surface area contributed by atoms with Gasteiger partial charge in [0.1, 0.15) is 17.2 Å². The molecule has 0 aliphatic heterocycles. The first kappa shape index (κ1) is 31.2. The molecule has 17 heteroatoms. The van der Waals surface area contributed by atoms with Crippen molar-refractivity contribution in [2.24, 2.45) is 5.73 Å². The summed E-state index contributed by atoms with van der Waals surface area (Å²) >= 11 is 0. The number of carbonyl (C=O) groups is 1. The highest BCUT2D eigenvalue weighted by Crippen LogP contribution is 2.24. The van der Waals surface area contributed by atoms with E-state index in [4.69, 9.17) is 11.5 Å². The Bertz CT molecular complexity index is 2500. The number of imidazole rings is 1. The van der Waals surface area contributed by atoms with Crippen molar-refractivity contribution in [2.45, 2.75) is 23.6 Å². The van der Waals surface area contributed by atoms with E-state index in [1.807, 2.05) is 13.8 Å². The number of anilines is 2. The van der Waals surface area contributed by atoms with Gasteiger partial charge in [0.15, 0.2) is 16.9 Å². The summed E-state index contributed by atoms with van der Waals surface area (Å²) in [4.78, 5) is 27.9. The van der Waals surface area contributed by atoms with Crippen LogP contribution in [0.25, 0.3) is 28.0 Å². The molecule has 5 heterocycles. The van der Waals surface area contributed by atoms with Gasteiger partial charge < -0.3 is 16.8 Å². The van der Waals surface area contributed by atoms with Crippen LogP contribution in [-0.4, -0.2) is 61.6 Å². The lowest BCUT2D eigenvalue weighted by atomic mass is 10.2. The Labute approximate surface area is 268 Å². The Morgan fingerprint density at radius 3 is 1.89 bits per heavy atom. The number of fused-ring (bicyclic) bond motifs is 4. The van der Waals surface area contributed by atoms with E-state index in [2.05, 4.69) is 25.3 Å². The Hall–Kier alpha value is -5.81. The Morgan fingerprint density at radius 1 is 0.745 bits per heavy atom. The summed E-state index contributed by atoms with van der Waals surface area (Å²) in [5, 5.41) is 2.72. The van der Waals surface area contributed by atoms with E-state index in [1.165, 1.54) is 31.0 Å². The predicted octanol–water partition coefficient (Wildman–Crippen LogP) is 2.69. The molecule has 0 bridgehead atoms. The molecule has 47 heavy (non-hydrogen) atoms. The highest BCUT2D eigenvalue weighted by atomic mass is 32.2. The van der Waals surface area contributed by atoms with Crippen LogP contribution in [0.4, 0.5) is 11.6 Å². The highest BCUT2D eigenvalue weighted by molar-refractivity contribution is 7.90. The monoisotopic (exact) mass is 672 g/mol. The third kappa shape index (κ3) is 5.84. The predicted molar refractivity (Wildman–Crippen MR) is 176 cm³/mol. The van der Waals surface area contributed by atoms with E-state index >= 15 is 0 Å². The average molecular weight is 673 g/mol. The fourth-order valence-corrected chi connectivity index (χ4v) is 7.33. The molecule has 0 fully saturated rings. The van der Waals surface area contributed by atoms with Crippen molar-refractivity contribution in [1.29, 1.82) is 0 Å². The topological polar surface area (TPSA) is 215 Å². The molecular formula is C30H28N10O5S2. The molecule has 0 aliphatic rings. The van der Waals surface area contributed by atoms with E-state index in [-0.39, 0.29) is 22.0 Å². The minimum atomic E-state index is -3.76. The first-order valence-electron chi connectivity index (χ1n) is 14.0. The molecule has 7 rings (SSSR count). The molecule has 0 saturated heterocycles. The number of nitrogens with two attached hydrogens (primary N) is 2. The van der Waals surface area contributed by atoms with Crippen LogP contribution in [0.5, 0.6) is 0 Å². The molecule has 15 nitrogen and oxygen atoms in total. The Balaban J connectivity index is 0.000000164. The number of rotatable bonds is 7. The summed E-state index contributed by atoms with van der Waals surface area (Å²) in [6.45, 7) is 3.71. The quantitative estimate of drug-likeness (QED) is 0.224. The van der Waals surface area contributed by atoms with Crippen LogP contribution in [0.1, 0.15) is 11.1 Å². The van der Waals surface area contributed by atoms with Crippen LogP contribution in [0.3, 0.4) is 0 Å². The van der Waals surface area contributed by atoms with Crippen LogP contribution in [-0.2, 0) is 24.8 Å². The van der Waals surface area contributed by atoms with E-state index in [1.54, 1.807) is 65.1 Å². The van der Waals surface area contributed by atoms with E-state index < -0.39 is 26.0 Å². The maximum absolute atomic E-state index is 12.8. The van der Waals surface area contributed by atoms with Gasteiger partial charge >= 0.3 is 0 Å². The molecule has 1 amide bonds. The molecule has 0 aliphatic carbocycles. The van der Waals surface area contributed by atoms with E-state index in [9.17, 15) is 21.6 Å². The van der Waals surface area contributed by atoms with Gasteiger partial charge in [0.05, 0.1) is 40.4 Å². The van der Waals surface area contributed by atoms with Crippen molar-refractivity contribution < 1.29 is 21.6 Å². The largest absolute Gasteiger partial charge is 0.383 e. The average Bonchev–Trinajstić information content (AvgIpc) is 3.77. The summed E-state index contributed by atoms with van der Waals surface area (Å²) in [6, 6.07) is 16.5. The molecule has 0 unspecified atom stereocenters. The lowest BCUT2D eigenvalue weighted by Gasteiger charge is -2.08. The molecule has 7 aromatic rings. The number of hydrogen-bond donors (Lipinski definition) is 3. The minimum absolute atomic E-state index is 0.0808. The van der Waals surface area contributed by atoms with Crippen molar-refractivity contribution in [3.8, 4) is 0 Å². The van der Waals surface area contributed by atoms with E-state index in [0.29, 0.717) is 34.0 Å². The van der Waals surface area contributed by atoms with Gasteiger partial charge in [-0.2, -0.15) is 0 Å². The normalized spacial score (nSPS) is 11.9. The number of nitrogen functional groups attached to an aromatic ring is 1. The lowest BCUT2D eigenvalue weighted by Crippen LogP contribution is -2.22. The van der Waals surface area contributed by atoms with Gasteiger partial charge in [-0.25, -0.2) is 44.7 Å². The number of benzene rings is 2. The second-order valence-electron chi connectivity index (χ2n) is 10.5. The first-order valence-corrected chi connectivity index (χ1v) is 16.8. The molecule has 0 saturated carbocycles. The van der Waals surface area contributed by atoms with Crippen LogP contribution >= 0.6 is 0 Å². The second kappa shape index (κ2) is 11.8. The van der Waals surface area contributed by atoms with Gasteiger partial charge in [-0.1, -0.05) is 35.4 Å². The van der Waals surface area contributed by atoms with Gasteiger partial charge in [0.2, 0.25) is 5.91 Å². The van der Waals surface area contributed by atoms with Crippen molar-refractivity contribution >= 4 is 65.6 Å². The maximum atomic E-state index is 12.8. The number of aromatic nitrogens is 7. The molecule has 0 atom stereocenters. The van der Waals surface area contributed by atoms with Gasteiger partial charge in [0, 0.05) is 12.4 Å². The van der Waals surface area contributed by atoms with Crippen LogP contribution < -0.4 is 16.8 Å². The zero-order chi connectivity index (χ0) is 33.5. The summed E-state index contributed by atoms with van der Waals surface area (Å²) < 4.78 is 55.1. The number of amides is 1. The summed E-state index contributed by atoms with van der Waals surface area (Å²) in [6.07, 6.45) is 7.25.